The molecule has 0 spiro atoms. The molecular weight excluding hydrogens is 210 g/mol. The average Bonchev–Trinajstić information content (AvgIpc) is 2.90. The number of nitrogens with one attached hydrogen (secondary N) is 1. The SMILES string of the molecule is CCc1cccc(NC(CC)c2ccco2)c1. The molecule has 0 saturated carbocycles. The van der Waals surface area contributed by atoms with Crippen molar-refractivity contribution in [1.29, 1.82) is 0 Å². The third-order valence-corrected chi connectivity index (χ3v) is 2.97. The summed E-state index contributed by atoms with van der Waals surface area (Å²) >= 11 is 0. The Hall–Kier alpha value is -1.70. The maximum Gasteiger partial charge on any atom is 0.125 e. The van der Waals surface area contributed by atoms with Gasteiger partial charge in [-0.2, -0.15) is 0 Å². The maximum atomic E-state index is 5.45. The number of hydrogen-bond donors (Lipinski definition) is 1. The van der Waals surface area contributed by atoms with Crippen molar-refractivity contribution in [2.45, 2.75) is 32.7 Å². The van der Waals surface area contributed by atoms with Crippen LogP contribution in [0.25, 0.3) is 0 Å². The van der Waals surface area contributed by atoms with E-state index in [9.17, 15) is 0 Å². The number of hydrogen-bond acceptors (Lipinski definition) is 2. The van der Waals surface area contributed by atoms with Crippen molar-refractivity contribution in [3.63, 3.8) is 0 Å². The largest absolute Gasteiger partial charge is 0.467 e. The summed E-state index contributed by atoms with van der Waals surface area (Å²) < 4.78 is 5.45. The first-order valence-corrected chi connectivity index (χ1v) is 6.22. The van der Waals surface area contributed by atoms with E-state index in [0.717, 1.165) is 24.3 Å². The van der Waals surface area contributed by atoms with E-state index >= 15 is 0 Å². The van der Waals surface area contributed by atoms with Crippen LogP contribution >= 0.6 is 0 Å². The number of benzene rings is 1. The fraction of sp³-hybridized carbons (Fsp3) is 0.333. The van der Waals surface area contributed by atoms with E-state index in [1.54, 1.807) is 6.26 Å². The summed E-state index contributed by atoms with van der Waals surface area (Å²) in [5.41, 5.74) is 2.51. The van der Waals surface area contributed by atoms with Gasteiger partial charge in [0.05, 0.1) is 12.3 Å². The van der Waals surface area contributed by atoms with Crippen LogP contribution in [0.15, 0.2) is 47.1 Å². The molecular formula is C15H19NO. The van der Waals surface area contributed by atoms with Gasteiger partial charge >= 0.3 is 0 Å². The lowest BCUT2D eigenvalue weighted by Gasteiger charge is -2.16. The van der Waals surface area contributed by atoms with Gasteiger partial charge in [-0.3, -0.25) is 0 Å². The number of anilines is 1. The number of rotatable bonds is 5. The Labute approximate surface area is 103 Å². The molecule has 0 amide bonds. The molecule has 2 rings (SSSR count). The molecule has 1 N–H and O–H groups in total. The summed E-state index contributed by atoms with van der Waals surface area (Å²) in [5.74, 6) is 0.995. The highest BCUT2D eigenvalue weighted by Gasteiger charge is 2.11. The first-order valence-electron chi connectivity index (χ1n) is 6.22. The predicted molar refractivity (Wildman–Crippen MR) is 71.2 cm³/mol. The third-order valence-electron chi connectivity index (χ3n) is 2.97. The molecule has 2 nitrogen and oxygen atoms in total. The minimum atomic E-state index is 0.247. The van der Waals surface area contributed by atoms with Crippen LogP contribution in [0.3, 0.4) is 0 Å². The van der Waals surface area contributed by atoms with Crippen molar-refractivity contribution < 1.29 is 4.42 Å². The van der Waals surface area contributed by atoms with E-state index in [1.165, 1.54) is 5.56 Å². The van der Waals surface area contributed by atoms with Crippen molar-refractivity contribution in [2.24, 2.45) is 0 Å². The quantitative estimate of drug-likeness (QED) is 0.821. The minimum Gasteiger partial charge on any atom is -0.467 e. The topological polar surface area (TPSA) is 25.2 Å². The molecule has 2 aromatic rings. The highest BCUT2D eigenvalue weighted by atomic mass is 16.3. The van der Waals surface area contributed by atoms with Gasteiger partial charge in [-0.25, -0.2) is 0 Å². The minimum absolute atomic E-state index is 0.247. The van der Waals surface area contributed by atoms with Crippen LogP contribution in [0, 0.1) is 0 Å². The van der Waals surface area contributed by atoms with Crippen molar-refractivity contribution >= 4 is 5.69 Å². The van der Waals surface area contributed by atoms with E-state index in [1.807, 2.05) is 12.1 Å². The second-order valence-corrected chi connectivity index (χ2v) is 4.17. The summed E-state index contributed by atoms with van der Waals surface area (Å²) in [6.45, 7) is 4.33. The van der Waals surface area contributed by atoms with Crippen molar-refractivity contribution in [2.75, 3.05) is 5.32 Å². The zero-order valence-corrected chi connectivity index (χ0v) is 10.4. The molecule has 1 aromatic carbocycles. The van der Waals surface area contributed by atoms with Crippen LogP contribution in [0.2, 0.25) is 0 Å². The van der Waals surface area contributed by atoms with Crippen molar-refractivity contribution in [3.8, 4) is 0 Å². The molecule has 0 saturated heterocycles. The Morgan fingerprint density at radius 3 is 2.71 bits per heavy atom. The molecule has 0 bridgehead atoms. The van der Waals surface area contributed by atoms with Gasteiger partial charge in [0.15, 0.2) is 0 Å². The Bertz CT molecular complexity index is 448. The Morgan fingerprint density at radius 2 is 2.06 bits per heavy atom. The molecule has 1 unspecified atom stereocenters. The monoisotopic (exact) mass is 229 g/mol. The van der Waals surface area contributed by atoms with Crippen molar-refractivity contribution in [1.82, 2.24) is 0 Å². The molecule has 2 heteroatoms. The summed E-state index contributed by atoms with van der Waals surface area (Å²) in [6.07, 6.45) is 3.79. The fourth-order valence-electron chi connectivity index (χ4n) is 1.95. The second-order valence-electron chi connectivity index (χ2n) is 4.17. The Balaban J connectivity index is 2.13. The van der Waals surface area contributed by atoms with Gasteiger partial charge in [-0.05, 0) is 42.7 Å². The average molecular weight is 229 g/mol. The zero-order valence-electron chi connectivity index (χ0n) is 10.4. The summed E-state index contributed by atoms with van der Waals surface area (Å²) in [4.78, 5) is 0. The molecule has 0 fully saturated rings. The third kappa shape index (κ3) is 2.90. The molecule has 90 valence electrons. The second kappa shape index (κ2) is 5.58. The van der Waals surface area contributed by atoms with Gasteiger partial charge in [0.25, 0.3) is 0 Å². The van der Waals surface area contributed by atoms with Gasteiger partial charge in [0, 0.05) is 5.69 Å². The van der Waals surface area contributed by atoms with Crippen LogP contribution in [-0.2, 0) is 6.42 Å². The highest BCUT2D eigenvalue weighted by Crippen LogP contribution is 2.23. The lowest BCUT2D eigenvalue weighted by Crippen LogP contribution is -2.08. The molecule has 0 radical (unpaired) electrons. The van der Waals surface area contributed by atoms with E-state index in [-0.39, 0.29) is 6.04 Å². The molecule has 0 aliphatic rings. The van der Waals surface area contributed by atoms with Gasteiger partial charge in [-0.15, -0.1) is 0 Å². The van der Waals surface area contributed by atoms with Crippen LogP contribution in [0.1, 0.15) is 37.6 Å². The van der Waals surface area contributed by atoms with Crippen LogP contribution in [-0.4, -0.2) is 0 Å². The van der Waals surface area contributed by atoms with Crippen LogP contribution < -0.4 is 5.32 Å². The van der Waals surface area contributed by atoms with Crippen LogP contribution in [0.5, 0.6) is 0 Å². The van der Waals surface area contributed by atoms with E-state index in [2.05, 4.69) is 43.4 Å². The smallest absolute Gasteiger partial charge is 0.125 e. The fourth-order valence-corrected chi connectivity index (χ4v) is 1.95. The van der Waals surface area contributed by atoms with Gasteiger partial charge in [0.2, 0.25) is 0 Å². The van der Waals surface area contributed by atoms with Gasteiger partial charge in [-0.1, -0.05) is 26.0 Å². The summed E-state index contributed by atoms with van der Waals surface area (Å²) in [5, 5.41) is 3.51. The van der Waals surface area contributed by atoms with E-state index in [0.29, 0.717) is 0 Å². The van der Waals surface area contributed by atoms with Gasteiger partial charge in [0.1, 0.15) is 5.76 Å². The molecule has 17 heavy (non-hydrogen) atoms. The number of aryl methyl sites for hydroxylation is 1. The first-order chi connectivity index (χ1) is 8.33. The highest BCUT2D eigenvalue weighted by molar-refractivity contribution is 5.47. The van der Waals surface area contributed by atoms with Gasteiger partial charge < -0.3 is 9.73 Å². The zero-order chi connectivity index (χ0) is 12.1. The summed E-state index contributed by atoms with van der Waals surface area (Å²) in [7, 11) is 0. The molecule has 1 atom stereocenters. The van der Waals surface area contributed by atoms with Crippen LogP contribution in [0.4, 0.5) is 5.69 Å². The Kier molecular flexibility index (Phi) is 3.86. The predicted octanol–water partition coefficient (Wildman–Crippen LogP) is 4.41. The summed E-state index contributed by atoms with van der Waals surface area (Å²) in [6, 6.07) is 12.7. The molecule has 0 aliphatic heterocycles. The lowest BCUT2D eigenvalue weighted by atomic mass is 10.1. The lowest BCUT2D eigenvalue weighted by molar-refractivity contribution is 0.474. The number of furan rings is 1. The maximum absolute atomic E-state index is 5.45. The van der Waals surface area contributed by atoms with Crippen molar-refractivity contribution in [3.05, 3.63) is 54.0 Å². The first kappa shape index (κ1) is 11.8. The van der Waals surface area contributed by atoms with E-state index in [4.69, 9.17) is 4.42 Å². The normalized spacial score (nSPS) is 12.4. The Morgan fingerprint density at radius 1 is 1.18 bits per heavy atom. The molecule has 1 heterocycles. The van der Waals surface area contributed by atoms with E-state index < -0.39 is 0 Å². The molecule has 1 aromatic heterocycles. The molecule has 0 aliphatic carbocycles. The standard InChI is InChI=1S/C15H19NO/c1-3-12-7-5-8-13(11-12)16-14(4-2)15-9-6-10-17-15/h5-11,14,16H,3-4H2,1-2H3.